The molecule has 1 aromatic heterocycles. The van der Waals surface area contributed by atoms with Crippen LogP contribution in [0.4, 0.5) is 0 Å². The van der Waals surface area contributed by atoms with Crippen LogP contribution < -0.4 is 0 Å². The molecule has 1 saturated heterocycles. The molecular formula is C12H12O4S. The molecule has 0 aliphatic carbocycles. The first-order valence-corrected chi connectivity index (χ1v) is 5.99. The van der Waals surface area contributed by atoms with Crippen LogP contribution in [-0.2, 0) is 19.1 Å². The zero-order chi connectivity index (χ0) is 12.6. The van der Waals surface area contributed by atoms with E-state index >= 15 is 0 Å². The van der Waals surface area contributed by atoms with Crippen molar-refractivity contribution in [3.05, 3.63) is 27.5 Å². The fourth-order valence-corrected chi connectivity index (χ4v) is 2.30. The summed E-state index contributed by atoms with van der Waals surface area (Å²) >= 11 is 1.46. The van der Waals surface area contributed by atoms with E-state index in [2.05, 4.69) is 0 Å². The Labute approximate surface area is 103 Å². The first kappa shape index (κ1) is 11.9. The smallest absolute Gasteiger partial charge is 0.348 e. The van der Waals surface area contributed by atoms with Crippen molar-refractivity contribution in [2.75, 3.05) is 0 Å². The minimum absolute atomic E-state index is 0.0603. The molecule has 5 heteroatoms. The van der Waals surface area contributed by atoms with Gasteiger partial charge < -0.3 is 9.47 Å². The van der Waals surface area contributed by atoms with E-state index < -0.39 is 17.7 Å². The number of thiophene rings is 1. The Bertz CT molecular complexity index is 488. The van der Waals surface area contributed by atoms with Crippen molar-refractivity contribution < 1.29 is 19.1 Å². The Hall–Kier alpha value is -1.62. The third-order valence-electron chi connectivity index (χ3n) is 2.29. The lowest BCUT2D eigenvalue weighted by Gasteiger charge is -2.29. The average Bonchev–Trinajstić information content (AvgIpc) is 2.56. The molecule has 0 unspecified atom stereocenters. The van der Waals surface area contributed by atoms with E-state index in [1.165, 1.54) is 31.3 Å². The molecule has 2 heterocycles. The maximum Gasteiger partial charge on any atom is 0.348 e. The van der Waals surface area contributed by atoms with Gasteiger partial charge in [-0.1, -0.05) is 0 Å². The zero-order valence-corrected chi connectivity index (χ0v) is 10.6. The lowest BCUT2D eigenvalue weighted by atomic mass is 10.1. The summed E-state index contributed by atoms with van der Waals surface area (Å²) in [5, 5.41) is 1.89. The summed E-state index contributed by atoms with van der Waals surface area (Å²) in [6.07, 6.45) is 1.51. The Balaban J connectivity index is 2.34. The second kappa shape index (κ2) is 4.00. The van der Waals surface area contributed by atoms with Gasteiger partial charge in [0.1, 0.15) is 5.57 Å². The minimum atomic E-state index is -1.18. The summed E-state index contributed by atoms with van der Waals surface area (Å²) in [6, 6.07) is 1.92. The molecule has 0 N–H and O–H groups in total. The van der Waals surface area contributed by atoms with Crippen LogP contribution in [0.25, 0.3) is 6.08 Å². The standard InChI is InChI=1S/C12H12O4S/c1-7-4-5-17-9(7)6-8-10(13)15-12(2,3)16-11(8)14/h4-6H,1-3H3. The highest BCUT2D eigenvalue weighted by atomic mass is 32.1. The minimum Gasteiger partial charge on any atom is -0.419 e. The van der Waals surface area contributed by atoms with Crippen LogP contribution in [0.2, 0.25) is 0 Å². The van der Waals surface area contributed by atoms with Gasteiger partial charge in [-0.15, -0.1) is 11.3 Å². The lowest BCUT2D eigenvalue weighted by molar-refractivity contribution is -0.222. The molecule has 0 saturated carbocycles. The molecule has 90 valence electrons. The van der Waals surface area contributed by atoms with Crippen LogP contribution in [-0.4, -0.2) is 17.7 Å². The molecule has 4 nitrogen and oxygen atoms in total. The number of aryl methyl sites for hydroxylation is 1. The van der Waals surface area contributed by atoms with Crippen molar-refractivity contribution in [2.24, 2.45) is 0 Å². The molecule has 2 rings (SSSR count). The molecule has 0 atom stereocenters. The van der Waals surface area contributed by atoms with E-state index in [1.54, 1.807) is 0 Å². The number of hydrogen-bond acceptors (Lipinski definition) is 5. The quantitative estimate of drug-likeness (QED) is 0.437. The van der Waals surface area contributed by atoms with Gasteiger partial charge in [0.2, 0.25) is 0 Å². The highest BCUT2D eigenvalue weighted by Gasteiger charge is 2.38. The van der Waals surface area contributed by atoms with Crippen molar-refractivity contribution in [2.45, 2.75) is 26.6 Å². The number of carbonyl (C=O) groups is 2. The van der Waals surface area contributed by atoms with Crippen LogP contribution in [0.1, 0.15) is 24.3 Å². The molecular weight excluding hydrogens is 240 g/mol. The number of rotatable bonds is 1. The molecule has 0 aromatic carbocycles. The van der Waals surface area contributed by atoms with Gasteiger partial charge in [-0.05, 0) is 30.0 Å². The topological polar surface area (TPSA) is 52.6 Å². The fraction of sp³-hybridized carbons (Fsp3) is 0.333. The molecule has 1 aromatic rings. The summed E-state index contributed by atoms with van der Waals surface area (Å²) in [6.45, 7) is 4.96. The van der Waals surface area contributed by atoms with Crippen molar-refractivity contribution in [1.29, 1.82) is 0 Å². The first-order chi connectivity index (χ1) is 7.89. The van der Waals surface area contributed by atoms with Gasteiger partial charge in [-0.25, -0.2) is 9.59 Å². The summed E-state index contributed by atoms with van der Waals surface area (Å²) in [7, 11) is 0. The second-order valence-electron chi connectivity index (χ2n) is 4.20. The monoisotopic (exact) mass is 252 g/mol. The van der Waals surface area contributed by atoms with Crippen LogP contribution in [0.5, 0.6) is 0 Å². The number of ether oxygens (including phenoxy) is 2. The molecule has 1 fully saturated rings. The summed E-state index contributed by atoms with van der Waals surface area (Å²) in [5.74, 6) is -2.46. The van der Waals surface area contributed by atoms with Crippen LogP contribution in [0, 0.1) is 6.92 Å². The predicted molar refractivity (Wildman–Crippen MR) is 63.3 cm³/mol. The molecule has 0 bridgehead atoms. The van der Waals surface area contributed by atoms with E-state index in [4.69, 9.17) is 9.47 Å². The van der Waals surface area contributed by atoms with Gasteiger partial charge in [-0.3, -0.25) is 0 Å². The van der Waals surface area contributed by atoms with E-state index in [1.807, 2.05) is 18.4 Å². The van der Waals surface area contributed by atoms with Crippen molar-refractivity contribution in [1.82, 2.24) is 0 Å². The Morgan fingerprint density at radius 1 is 1.24 bits per heavy atom. The van der Waals surface area contributed by atoms with Crippen molar-refractivity contribution in [3.8, 4) is 0 Å². The number of carbonyl (C=O) groups excluding carboxylic acids is 2. The van der Waals surface area contributed by atoms with E-state index in [9.17, 15) is 9.59 Å². The Kier molecular flexibility index (Phi) is 2.79. The van der Waals surface area contributed by atoms with Gasteiger partial charge in [0.15, 0.2) is 0 Å². The molecule has 1 aliphatic rings. The average molecular weight is 252 g/mol. The first-order valence-electron chi connectivity index (χ1n) is 5.11. The van der Waals surface area contributed by atoms with Crippen LogP contribution >= 0.6 is 11.3 Å². The number of esters is 2. The summed E-state index contributed by atoms with van der Waals surface area (Å²) in [4.78, 5) is 24.2. The third-order valence-corrected chi connectivity index (χ3v) is 3.26. The van der Waals surface area contributed by atoms with E-state index in [-0.39, 0.29) is 5.57 Å². The summed E-state index contributed by atoms with van der Waals surface area (Å²) < 4.78 is 10.00. The molecule has 17 heavy (non-hydrogen) atoms. The van der Waals surface area contributed by atoms with Crippen LogP contribution in [0.15, 0.2) is 17.0 Å². The molecule has 1 aliphatic heterocycles. The maximum absolute atomic E-state index is 11.7. The molecule has 0 radical (unpaired) electrons. The lowest BCUT2D eigenvalue weighted by Crippen LogP contribution is -2.41. The Morgan fingerprint density at radius 2 is 1.82 bits per heavy atom. The number of cyclic esters (lactones) is 2. The summed E-state index contributed by atoms with van der Waals surface area (Å²) in [5.41, 5.74) is 0.947. The van der Waals surface area contributed by atoms with Crippen molar-refractivity contribution >= 4 is 29.4 Å². The Morgan fingerprint density at radius 3 is 2.29 bits per heavy atom. The maximum atomic E-state index is 11.7. The largest absolute Gasteiger partial charge is 0.419 e. The van der Waals surface area contributed by atoms with E-state index in [0.29, 0.717) is 0 Å². The third kappa shape index (κ3) is 2.39. The fourth-order valence-electron chi connectivity index (χ4n) is 1.44. The SMILES string of the molecule is Cc1ccsc1C=C1C(=O)OC(C)(C)OC1=O. The highest BCUT2D eigenvalue weighted by Crippen LogP contribution is 2.26. The van der Waals surface area contributed by atoms with Gasteiger partial charge in [0.05, 0.1) is 0 Å². The van der Waals surface area contributed by atoms with Gasteiger partial charge in [0.25, 0.3) is 5.79 Å². The van der Waals surface area contributed by atoms with Gasteiger partial charge >= 0.3 is 11.9 Å². The van der Waals surface area contributed by atoms with Crippen molar-refractivity contribution in [3.63, 3.8) is 0 Å². The second-order valence-corrected chi connectivity index (χ2v) is 5.15. The highest BCUT2D eigenvalue weighted by molar-refractivity contribution is 7.11. The van der Waals surface area contributed by atoms with Gasteiger partial charge in [0, 0.05) is 18.7 Å². The van der Waals surface area contributed by atoms with E-state index in [0.717, 1.165) is 10.4 Å². The molecule has 0 spiro atoms. The zero-order valence-electron chi connectivity index (χ0n) is 9.77. The van der Waals surface area contributed by atoms with Crippen LogP contribution in [0.3, 0.4) is 0 Å². The molecule has 0 amide bonds. The normalized spacial score (nSPS) is 18.6. The predicted octanol–water partition coefficient (Wildman–Crippen LogP) is 2.28. The number of hydrogen-bond donors (Lipinski definition) is 0. The van der Waals surface area contributed by atoms with Gasteiger partial charge in [-0.2, -0.15) is 0 Å².